The van der Waals surface area contributed by atoms with Crippen LogP contribution in [0.4, 0.5) is 0 Å². The molecule has 0 bridgehead atoms. The number of amides is 1. The number of aryl methyl sites for hydroxylation is 2. The quantitative estimate of drug-likeness (QED) is 0.701. The van der Waals surface area contributed by atoms with Gasteiger partial charge in [0.2, 0.25) is 5.91 Å². The van der Waals surface area contributed by atoms with Gasteiger partial charge in [-0.3, -0.25) is 9.48 Å². The third-order valence-electron chi connectivity index (χ3n) is 3.09. The molecule has 0 saturated heterocycles. The number of rotatable bonds is 1. The van der Waals surface area contributed by atoms with Gasteiger partial charge in [0.25, 0.3) is 0 Å². The maximum atomic E-state index is 11.7. The zero-order valence-electron chi connectivity index (χ0n) is 10.1. The average Bonchev–Trinajstić information content (AvgIpc) is 2.62. The molecule has 0 saturated carbocycles. The molecule has 2 heterocycles. The molecular formula is C13H12N4O. The van der Waals surface area contributed by atoms with Gasteiger partial charge in [-0.1, -0.05) is 18.2 Å². The number of benzene rings is 1. The summed E-state index contributed by atoms with van der Waals surface area (Å²) in [5.74, 6) is -0.449. The molecule has 2 N–H and O–H groups in total. The minimum absolute atomic E-state index is 0.449. The van der Waals surface area contributed by atoms with Crippen molar-refractivity contribution in [2.75, 3.05) is 0 Å². The Hall–Kier alpha value is -2.43. The second-order valence-electron chi connectivity index (χ2n) is 4.28. The molecule has 90 valence electrons. The largest absolute Gasteiger partial charge is 0.366 e. The highest BCUT2D eigenvalue weighted by Gasteiger charge is 2.18. The van der Waals surface area contributed by atoms with E-state index in [0.717, 1.165) is 22.0 Å². The van der Waals surface area contributed by atoms with Gasteiger partial charge in [-0.25, -0.2) is 4.98 Å². The summed E-state index contributed by atoms with van der Waals surface area (Å²) >= 11 is 0. The molecule has 0 fully saturated rings. The zero-order chi connectivity index (χ0) is 12.9. The van der Waals surface area contributed by atoms with Crippen molar-refractivity contribution in [2.24, 2.45) is 12.8 Å². The van der Waals surface area contributed by atoms with Gasteiger partial charge < -0.3 is 5.73 Å². The molecule has 3 rings (SSSR count). The maximum Gasteiger partial charge on any atom is 0.250 e. The van der Waals surface area contributed by atoms with Crippen LogP contribution in [0.15, 0.2) is 24.3 Å². The van der Waals surface area contributed by atoms with E-state index in [4.69, 9.17) is 5.73 Å². The molecule has 5 heteroatoms. The second-order valence-corrected chi connectivity index (χ2v) is 4.28. The Morgan fingerprint density at radius 1 is 1.33 bits per heavy atom. The van der Waals surface area contributed by atoms with E-state index >= 15 is 0 Å². The normalized spacial score (nSPS) is 11.2. The zero-order valence-corrected chi connectivity index (χ0v) is 10.1. The van der Waals surface area contributed by atoms with Crippen molar-refractivity contribution in [3.8, 4) is 0 Å². The Kier molecular flexibility index (Phi) is 2.10. The number of pyridine rings is 1. The number of carbonyl (C=O) groups is 1. The molecule has 0 unspecified atom stereocenters. The van der Waals surface area contributed by atoms with Crippen LogP contribution in [0.5, 0.6) is 0 Å². The van der Waals surface area contributed by atoms with Gasteiger partial charge in [-0.05, 0) is 13.0 Å². The molecule has 18 heavy (non-hydrogen) atoms. The smallest absolute Gasteiger partial charge is 0.250 e. The van der Waals surface area contributed by atoms with Gasteiger partial charge in [-0.2, -0.15) is 5.10 Å². The van der Waals surface area contributed by atoms with E-state index in [1.54, 1.807) is 4.68 Å². The fourth-order valence-electron chi connectivity index (χ4n) is 2.35. The SMILES string of the molecule is Cc1nn(C)c2nc3ccccc3c(C(N)=O)c12. The number of fused-ring (bicyclic) bond motifs is 2. The summed E-state index contributed by atoms with van der Waals surface area (Å²) in [7, 11) is 1.81. The molecule has 0 aliphatic rings. The monoisotopic (exact) mass is 240 g/mol. The first-order valence-corrected chi connectivity index (χ1v) is 5.61. The Labute approximate surface area is 103 Å². The van der Waals surface area contributed by atoms with Gasteiger partial charge in [-0.15, -0.1) is 0 Å². The van der Waals surface area contributed by atoms with E-state index in [-0.39, 0.29) is 0 Å². The highest BCUT2D eigenvalue weighted by molar-refractivity contribution is 6.15. The Bertz CT molecular complexity index is 788. The minimum Gasteiger partial charge on any atom is -0.366 e. The number of primary amides is 1. The van der Waals surface area contributed by atoms with Crippen LogP contribution in [0, 0.1) is 6.92 Å². The highest BCUT2D eigenvalue weighted by Crippen LogP contribution is 2.27. The van der Waals surface area contributed by atoms with Gasteiger partial charge in [0.05, 0.1) is 22.2 Å². The number of hydrogen-bond donors (Lipinski definition) is 1. The molecular weight excluding hydrogens is 228 g/mol. The van der Waals surface area contributed by atoms with Gasteiger partial charge >= 0.3 is 0 Å². The molecule has 0 aliphatic heterocycles. The summed E-state index contributed by atoms with van der Waals surface area (Å²) in [6.07, 6.45) is 0. The lowest BCUT2D eigenvalue weighted by Gasteiger charge is -2.05. The van der Waals surface area contributed by atoms with Crippen molar-refractivity contribution in [2.45, 2.75) is 6.92 Å². The summed E-state index contributed by atoms with van der Waals surface area (Å²) in [6, 6.07) is 7.47. The predicted octanol–water partition coefficient (Wildman–Crippen LogP) is 1.53. The number of para-hydroxylation sites is 1. The molecule has 3 aromatic rings. The van der Waals surface area contributed by atoms with Gasteiger partial charge in [0.15, 0.2) is 5.65 Å². The summed E-state index contributed by atoms with van der Waals surface area (Å²) in [5, 5.41) is 5.81. The Morgan fingerprint density at radius 3 is 2.78 bits per heavy atom. The van der Waals surface area contributed by atoms with Crippen LogP contribution in [-0.4, -0.2) is 20.7 Å². The first-order chi connectivity index (χ1) is 8.59. The summed E-state index contributed by atoms with van der Waals surface area (Å²) < 4.78 is 1.67. The third-order valence-corrected chi connectivity index (χ3v) is 3.09. The lowest BCUT2D eigenvalue weighted by Crippen LogP contribution is -2.13. The topological polar surface area (TPSA) is 73.8 Å². The first kappa shape index (κ1) is 10.7. The van der Waals surface area contributed by atoms with Gasteiger partial charge in [0.1, 0.15) is 0 Å². The van der Waals surface area contributed by atoms with E-state index in [0.29, 0.717) is 11.2 Å². The van der Waals surface area contributed by atoms with Gasteiger partial charge in [0, 0.05) is 12.4 Å². The van der Waals surface area contributed by atoms with Crippen molar-refractivity contribution >= 4 is 27.8 Å². The van der Waals surface area contributed by atoms with Crippen molar-refractivity contribution < 1.29 is 4.79 Å². The molecule has 2 aromatic heterocycles. The van der Waals surface area contributed by atoms with Crippen LogP contribution in [-0.2, 0) is 7.05 Å². The molecule has 0 radical (unpaired) electrons. The predicted molar refractivity (Wildman–Crippen MR) is 69.3 cm³/mol. The van der Waals surface area contributed by atoms with Crippen LogP contribution < -0.4 is 5.73 Å². The lowest BCUT2D eigenvalue weighted by molar-refractivity contribution is 0.100. The summed E-state index contributed by atoms with van der Waals surface area (Å²) in [6.45, 7) is 1.85. The highest BCUT2D eigenvalue weighted by atomic mass is 16.1. The number of nitrogens with zero attached hydrogens (tertiary/aromatic N) is 3. The fraction of sp³-hybridized carbons (Fsp3) is 0.154. The molecule has 1 aromatic carbocycles. The Balaban J connectivity index is 2.65. The number of carbonyl (C=O) groups excluding carboxylic acids is 1. The van der Waals surface area contributed by atoms with E-state index < -0.39 is 5.91 Å². The molecule has 5 nitrogen and oxygen atoms in total. The van der Waals surface area contributed by atoms with E-state index in [9.17, 15) is 4.79 Å². The van der Waals surface area contributed by atoms with Crippen molar-refractivity contribution in [3.63, 3.8) is 0 Å². The van der Waals surface area contributed by atoms with Crippen molar-refractivity contribution in [1.29, 1.82) is 0 Å². The molecule has 0 aliphatic carbocycles. The Morgan fingerprint density at radius 2 is 2.06 bits per heavy atom. The summed E-state index contributed by atoms with van der Waals surface area (Å²) in [4.78, 5) is 16.3. The number of nitrogens with two attached hydrogens (primary N) is 1. The second kappa shape index (κ2) is 3.53. The van der Waals surface area contributed by atoms with Crippen molar-refractivity contribution in [1.82, 2.24) is 14.8 Å². The standard InChI is InChI=1S/C13H12N4O/c1-7-10-11(12(14)18)8-5-3-4-6-9(8)15-13(10)17(2)16-7/h3-6H,1-2H3,(H2,14,18). The van der Waals surface area contributed by atoms with Crippen molar-refractivity contribution in [3.05, 3.63) is 35.5 Å². The molecule has 0 atom stereocenters. The maximum absolute atomic E-state index is 11.7. The third kappa shape index (κ3) is 1.30. The van der Waals surface area contributed by atoms with Crippen LogP contribution >= 0.6 is 0 Å². The molecule has 0 spiro atoms. The fourth-order valence-corrected chi connectivity index (χ4v) is 2.35. The van der Waals surface area contributed by atoms with E-state index in [2.05, 4.69) is 10.1 Å². The van der Waals surface area contributed by atoms with E-state index in [1.165, 1.54) is 0 Å². The van der Waals surface area contributed by atoms with Crippen LogP contribution in [0.3, 0.4) is 0 Å². The average molecular weight is 240 g/mol. The van der Waals surface area contributed by atoms with Crippen LogP contribution in [0.2, 0.25) is 0 Å². The van der Waals surface area contributed by atoms with E-state index in [1.807, 2.05) is 38.2 Å². The number of hydrogen-bond acceptors (Lipinski definition) is 3. The summed E-state index contributed by atoms with van der Waals surface area (Å²) in [5.41, 5.74) is 8.22. The van der Waals surface area contributed by atoms with Crippen LogP contribution in [0.25, 0.3) is 21.9 Å². The minimum atomic E-state index is -0.449. The first-order valence-electron chi connectivity index (χ1n) is 5.61. The van der Waals surface area contributed by atoms with Crippen LogP contribution in [0.1, 0.15) is 16.1 Å². The lowest BCUT2D eigenvalue weighted by atomic mass is 10.0. The molecule has 1 amide bonds. The number of aromatic nitrogens is 3.